The molecule has 3 heteroatoms. The first-order valence-corrected chi connectivity index (χ1v) is 7.08. The number of rotatable bonds is 4. The summed E-state index contributed by atoms with van der Waals surface area (Å²) in [5, 5.41) is 2.96. The Labute approximate surface area is 126 Å². The summed E-state index contributed by atoms with van der Waals surface area (Å²) in [6.07, 6.45) is -0.549. The van der Waals surface area contributed by atoms with E-state index in [1.165, 1.54) is 5.56 Å². The van der Waals surface area contributed by atoms with Crippen molar-refractivity contribution < 1.29 is 9.53 Å². The second kappa shape index (κ2) is 6.44. The third kappa shape index (κ3) is 3.85. The van der Waals surface area contributed by atoms with Crippen LogP contribution in [0.3, 0.4) is 0 Å². The van der Waals surface area contributed by atoms with E-state index >= 15 is 0 Å². The highest BCUT2D eigenvalue weighted by Gasteiger charge is 2.16. The molecule has 0 saturated carbocycles. The third-order valence-electron chi connectivity index (χ3n) is 3.35. The summed E-state index contributed by atoms with van der Waals surface area (Å²) in [6.45, 7) is 7.80. The molecule has 110 valence electrons. The summed E-state index contributed by atoms with van der Waals surface area (Å²) in [7, 11) is 0. The zero-order valence-electron chi connectivity index (χ0n) is 12.9. The SMILES string of the molecule is Cc1cc(C)c(NC(=O)[C@H](C)Oc2ccccc2)c(C)c1. The molecule has 0 radical (unpaired) electrons. The van der Waals surface area contributed by atoms with Crippen LogP contribution in [-0.4, -0.2) is 12.0 Å². The van der Waals surface area contributed by atoms with E-state index in [-0.39, 0.29) is 5.91 Å². The lowest BCUT2D eigenvalue weighted by Gasteiger charge is -2.17. The fraction of sp³-hybridized carbons (Fsp3) is 0.278. The number of aryl methyl sites for hydroxylation is 3. The molecule has 2 aromatic rings. The molecule has 2 rings (SSSR count). The van der Waals surface area contributed by atoms with Crippen LogP contribution in [0.15, 0.2) is 42.5 Å². The highest BCUT2D eigenvalue weighted by atomic mass is 16.5. The molecule has 21 heavy (non-hydrogen) atoms. The Morgan fingerprint density at radius 2 is 1.62 bits per heavy atom. The van der Waals surface area contributed by atoms with Crippen LogP contribution in [0.2, 0.25) is 0 Å². The maximum Gasteiger partial charge on any atom is 0.265 e. The van der Waals surface area contributed by atoms with Crippen LogP contribution in [0.25, 0.3) is 0 Å². The second-order valence-electron chi connectivity index (χ2n) is 5.34. The molecule has 0 heterocycles. The number of benzene rings is 2. The molecule has 1 amide bonds. The predicted octanol–water partition coefficient (Wildman–Crippen LogP) is 4.02. The molecule has 0 spiro atoms. The average molecular weight is 283 g/mol. The van der Waals surface area contributed by atoms with Crippen LogP contribution in [-0.2, 0) is 4.79 Å². The molecule has 1 N–H and O–H groups in total. The quantitative estimate of drug-likeness (QED) is 0.920. The molecule has 0 aliphatic heterocycles. The lowest BCUT2D eigenvalue weighted by molar-refractivity contribution is -0.122. The summed E-state index contributed by atoms with van der Waals surface area (Å²) in [6, 6.07) is 13.5. The Hall–Kier alpha value is -2.29. The molecule has 1 atom stereocenters. The molecule has 0 bridgehead atoms. The monoisotopic (exact) mass is 283 g/mol. The standard InChI is InChI=1S/C18H21NO2/c1-12-10-13(2)17(14(3)11-12)19-18(20)15(4)21-16-8-6-5-7-9-16/h5-11,15H,1-4H3,(H,19,20)/t15-/m0/s1. The maximum absolute atomic E-state index is 12.3. The van der Waals surface area contributed by atoms with Gasteiger partial charge in [0.25, 0.3) is 5.91 Å². The van der Waals surface area contributed by atoms with E-state index in [1.807, 2.05) is 51.1 Å². The minimum absolute atomic E-state index is 0.145. The number of nitrogens with one attached hydrogen (secondary N) is 1. The largest absolute Gasteiger partial charge is 0.481 e. The maximum atomic E-state index is 12.3. The first-order chi connectivity index (χ1) is 9.97. The molecule has 0 aliphatic rings. The van der Waals surface area contributed by atoms with Crippen molar-refractivity contribution in [1.82, 2.24) is 0 Å². The molecule has 0 fully saturated rings. The Morgan fingerprint density at radius 3 is 2.19 bits per heavy atom. The van der Waals surface area contributed by atoms with E-state index in [9.17, 15) is 4.79 Å². The van der Waals surface area contributed by atoms with Gasteiger partial charge in [-0.3, -0.25) is 4.79 Å². The van der Waals surface area contributed by atoms with Gasteiger partial charge in [0.2, 0.25) is 0 Å². The molecule has 0 saturated heterocycles. The summed E-state index contributed by atoms with van der Waals surface area (Å²) < 4.78 is 5.64. The molecular formula is C18H21NO2. The molecule has 0 aromatic heterocycles. The number of ether oxygens (including phenoxy) is 1. The normalized spacial score (nSPS) is 11.8. The van der Waals surface area contributed by atoms with E-state index in [0.29, 0.717) is 5.75 Å². The fourth-order valence-electron chi connectivity index (χ4n) is 2.36. The Bertz CT molecular complexity index is 612. The number of carbonyl (C=O) groups is 1. The smallest absolute Gasteiger partial charge is 0.265 e. The van der Waals surface area contributed by atoms with Crippen LogP contribution >= 0.6 is 0 Å². The van der Waals surface area contributed by atoms with Crippen molar-refractivity contribution in [3.05, 3.63) is 59.2 Å². The Kier molecular flexibility index (Phi) is 4.63. The highest BCUT2D eigenvalue weighted by molar-refractivity contribution is 5.95. The van der Waals surface area contributed by atoms with Crippen LogP contribution in [0.5, 0.6) is 5.75 Å². The van der Waals surface area contributed by atoms with Crippen molar-refractivity contribution in [2.24, 2.45) is 0 Å². The number of anilines is 1. The van der Waals surface area contributed by atoms with Crippen LogP contribution in [0.1, 0.15) is 23.6 Å². The van der Waals surface area contributed by atoms with Gasteiger partial charge in [0, 0.05) is 5.69 Å². The lowest BCUT2D eigenvalue weighted by Crippen LogP contribution is -2.30. The van der Waals surface area contributed by atoms with Crippen molar-refractivity contribution in [1.29, 1.82) is 0 Å². The highest BCUT2D eigenvalue weighted by Crippen LogP contribution is 2.22. The summed E-state index contributed by atoms with van der Waals surface area (Å²) in [5.74, 6) is 0.548. The molecule has 3 nitrogen and oxygen atoms in total. The number of para-hydroxylation sites is 1. The second-order valence-corrected chi connectivity index (χ2v) is 5.34. The van der Waals surface area contributed by atoms with Crippen LogP contribution < -0.4 is 10.1 Å². The zero-order valence-corrected chi connectivity index (χ0v) is 12.9. The van der Waals surface area contributed by atoms with Crippen molar-refractivity contribution in [2.45, 2.75) is 33.8 Å². The van der Waals surface area contributed by atoms with Crippen molar-refractivity contribution in [3.8, 4) is 5.75 Å². The van der Waals surface area contributed by atoms with Gasteiger partial charge < -0.3 is 10.1 Å². The Morgan fingerprint density at radius 1 is 1.05 bits per heavy atom. The lowest BCUT2D eigenvalue weighted by atomic mass is 10.0. The van der Waals surface area contributed by atoms with Gasteiger partial charge in [-0.1, -0.05) is 35.9 Å². The van der Waals surface area contributed by atoms with Crippen LogP contribution in [0, 0.1) is 20.8 Å². The molecule has 0 unspecified atom stereocenters. The summed E-state index contributed by atoms with van der Waals surface area (Å²) >= 11 is 0. The van der Waals surface area contributed by atoms with E-state index in [2.05, 4.69) is 17.4 Å². The van der Waals surface area contributed by atoms with Crippen molar-refractivity contribution >= 4 is 11.6 Å². The third-order valence-corrected chi connectivity index (χ3v) is 3.35. The van der Waals surface area contributed by atoms with E-state index < -0.39 is 6.10 Å². The predicted molar refractivity (Wildman–Crippen MR) is 85.8 cm³/mol. The molecular weight excluding hydrogens is 262 g/mol. The van der Waals surface area contributed by atoms with E-state index in [1.54, 1.807) is 6.92 Å². The van der Waals surface area contributed by atoms with Gasteiger partial charge in [0.05, 0.1) is 0 Å². The minimum Gasteiger partial charge on any atom is -0.481 e. The number of hydrogen-bond acceptors (Lipinski definition) is 2. The molecule has 2 aromatic carbocycles. The first kappa shape index (κ1) is 15.1. The van der Waals surface area contributed by atoms with E-state index in [4.69, 9.17) is 4.74 Å². The van der Waals surface area contributed by atoms with E-state index in [0.717, 1.165) is 16.8 Å². The van der Waals surface area contributed by atoms with Gasteiger partial charge in [-0.05, 0) is 51.0 Å². The van der Waals surface area contributed by atoms with Crippen molar-refractivity contribution in [2.75, 3.05) is 5.32 Å². The number of hydrogen-bond donors (Lipinski definition) is 1. The number of carbonyl (C=O) groups excluding carboxylic acids is 1. The van der Waals surface area contributed by atoms with Gasteiger partial charge in [0.1, 0.15) is 5.75 Å². The topological polar surface area (TPSA) is 38.3 Å². The van der Waals surface area contributed by atoms with Gasteiger partial charge in [-0.2, -0.15) is 0 Å². The average Bonchev–Trinajstić information content (AvgIpc) is 2.43. The summed E-state index contributed by atoms with van der Waals surface area (Å²) in [4.78, 5) is 12.3. The van der Waals surface area contributed by atoms with Crippen LogP contribution in [0.4, 0.5) is 5.69 Å². The first-order valence-electron chi connectivity index (χ1n) is 7.08. The minimum atomic E-state index is -0.549. The van der Waals surface area contributed by atoms with Gasteiger partial charge in [-0.15, -0.1) is 0 Å². The zero-order chi connectivity index (χ0) is 15.4. The fourth-order valence-corrected chi connectivity index (χ4v) is 2.36. The van der Waals surface area contributed by atoms with Crippen molar-refractivity contribution in [3.63, 3.8) is 0 Å². The Balaban J connectivity index is 2.08. The summed E-state index contributed by atoms with van der Waals surface area (Å²) in [5.41, 5.74) is 4.19. The van der Waals surface area contributed by atoms with Gasteiger partial charge in [0.15, 0.2) is 6.10 Å². The number of amides is 1. The van der Waals surface area contributed by atoms with Gasteiger partial charge in [-0.25, -0.2) is 0 Å². The van der Waals surface area contributed by atoms with Gasteiger partial charge >= 0.3 is 0 Å². The molecule has 0 aliphatic carbocycles.